The second-order valence-corrected chi connectivity index (χ2v) is 12.5. The van der Waals surface area contributed by atoms with E-state index in [0.29, 0.717) is 45.3 Å². The van der Waals surface area contributed by atoms with Crippen LogP contribution in [0, 0.1) is 5.92 Å². The first-order valence-corrected chi connectivity index (χ1v) is 15.0. The van der Waals surface area contributed by atoms with E-state index in [-0.39, 0.29) is 24.5 Å². The molecule has 0 fully saturated rings. The number of amides is 1. The number of hydrogen-bond donors (Lipinski definition) is 2. The van der Waals surface area contributed by atoms with E-state index in [9.17, 15) is 9.90 Å². The highest BCUT2D eigenvalue weighted by atomic mass is 16.5. The van der Waals surface area contributed by atoms with Crippen LogP contribution in [0.2, 0.25) is 0 Å². The largest absolute Gasteiger partial charge is 0.389 e. The summed E-state index contributed by atoms with van der Waals surface area (Å²) in [7, 11) is 1.68. The first-order valence-electron chi connectivity index (χ1n) is 15.0. The zero-order chi connectivity index (χ0) is 29.8. The smallest absolute Gasteiger partial charge is 0.237 e. The molecule has 0 aliphatic carbocycles. The summed E-state index contributed by atoms with van der Waals surface area (Å²) in [5.74, 6) is 0.460. The molecule has 1 amide bonds. The van der Waals surface area contributed by atoms with Gasteiger partial charge >= 0.3 is 0 Å². The van der Waals surface area contributed by atoms with Crippen LogP contribution in [0.1, 0.15) is 57.7 Å². The monoisotopic (exact) mass is 565 g/mol. The molecule has 7 heteroatoms. The second kappa shape index (κ2) is 16.1. The van der Waals surface area contributed by atoms with Crippen LogP contribution in [-0.2, 0) is 32.6 Å². The van der Waals surface area contributed by atoms with E-state index >= 15 is 0 Å². The summed E-state index contributed by atoms with van der Waals surface area (Å²) in [6.45, 7) is 14.7. The van der Waals surface area contributed by atoms with Crippen LogP contribution in [0.3, 0.4) is 0 Å². The van der Waals surface area contributed by atoms with Gasteiger partial charge in [0, 0.05) is 63.6 Å². The Morgan fingerprint density at radius 3 is 2.44 bits per heavy atom. The fourth-order valence-corrected chi connectivity index (χ4v) is 4.97. The molecule has 1 unspecified atom stereocenters. The number of carbonyl (C=O) groups is 1. The Labute approximate surface area is 246 Å². The number of ether oxygens (including phenoxy) is 2. The molecule has 0 radical (unpaired) electrons. The molecule has 0 saturated heterocycles. The van der Waals surface area contributed by atoms with E-state index in [2.05, 4.69) is 82.2 Å². The molecule has 1 aromatic heterocycles. The second-order valence-electron chi connectivity index (χ2n) is 12.5. The lowest BCUT2D eigenvalue weighted by molar-refractivity contribution is -0.133. The molecule has 0 aliphatic rings. The topological polar surface area (TPSA) is 78.0 Å². The van der Waals surface area contributed by atoms with Gasteiger partial charge in [0.2, 0.25) is 5.91 Å². The zero-order valence-corrected chi connectivity index (χ0v) is 26.0. The van der Waals surface area contributed by atoms with Gasteiger partial charge in [0.25, 0.3) is 0 Å². The third kappa shape index (κ3) is 10.9. The number of carbonyl (C=O) groups excluding carboxylic acids is 1. The summed E-state index contributed by atoms with van der Waals surface area (Å²) in [6, 6.07) is 16.9. The van der Waals surface area contributed by atoms with Crippen LogP contribution in [-0.4, -0.2) is 85.0 Å². The third-order valence-electron chi connectivity index (χ3n) is 7.28. The number of aliphatic hydroxyl groups is 1. The van der Waals surface area contributed by atoms with Crippen LogP contribution in [0.25, 0.3) is 10.9 Å². The normalized spacial score (nSPS) is 12.9. The molecular formula is C34H51N3O4. The quantitative estimate of drug-likeness (QED) is 0.214. The summed E-state index contributed by atoms with van der Waals surface area (Å²) in [4.78, 5) is 21.2. The van der Waals surface area contributed by atoms with Gasteiger partial charge in [-0.25, -0.2) is 0 Å². The number of aromatic nitrogens is 1. The van der Waals surface area contributed by atoms with Crippen molar-refractivity contribution in [1.29, 1.82) is 0 Å². The van der Waals surface area contributed by atoms with Crippen LogP contribution in [0.15, 0.2) is 54.7 Å². The van der Waals surface area contributed by atoms with Gasteiger partial charge in [0.05, 0.1) is 19.3 Å². The number of nitrogens with one attached hydrogen (secondary N) is 1. The number of H-pyrrole nitrogens is 1. The maximum atomic E-state index is 13.9. The summed E-state index contributed by atoms with van der Waals surface area (Å²) < 4.78 is 10.9. The molecule has 0 spiro atoms. The molecule has 7 nitrogen and oxygen atoms in total. The van der Waals surface area contributed by atoms with Gasteiger partial charge in [0.15, 0.2) is 0 Å². The molecule has 3 aromatic rings. The average Bonchev–Trinajstić information content (AvgIpc) is 3.33. The lowest BCUT2D eigenvalue weighted by Crippen LogP contribution is -2.44. The Bertz CT molecular complexity index is 1180. The zero-order valence-electron chi connectivity index (χ0n) is 26.0. The minimum atomic E-state index is -0.659. The van der Waals surface area contributed by atoms with Gasteiger partial charge in [-0.2, -0.15) is 0 Å². The van der Waals surface area contributed by atoms with Crippen LogP contribution in [0.5, 0.6) is 0 Å². The molecule has 1 heterocycles. The maximum absolute atomic E-state index is 13.9. The first-order chi connectivity index (χ1) is 19.6. The number of benzene rings is 2. The van der Waals surface area contributed by atoms with E-state index in [4.69, 9.17) is 9.47 Å². The number of aliphatic hydroxyl groups excluding tert-OH is 1. The molecule has 3 rings (SSSR count). The number of fused-ring (bicyclic) bond motifs is 1. The summed E-state index contributed by atoms with van der Waals surface area (Å²) in [6.07, 6.45) is 2.93. The molecule has 0 bridgehead atoms. The van der Waals surface area contributed by atoms with Crippen LogP contribution < -0.4 is 0 Å². The van der Waals surface area contributed by atoms with Crippen molar-refractivity contribution in [2.45, 2.75) is 65.5 Å². The summed E-state index contributed by atoms with van der Waals surface area (Å²) in [5, 5.41) is 11.9. The van der Waals surface area contributed by atoms with Crippen LogP contribution >= 0.6 is 0 Å². The predicted molar refractivity (Wildman–Crippen MR) is 167 cm³/mol. The SMILES string of the molecule is COCCCN(CC(=O)N(CCc1c[nH]c2ccccc12)Cc1ccc(C(C)(C)C)cc1)CC(O)COCC(C)C. The highest BCUT2D eigenvalue weighted by molar-refractivity contribution is 5.83. The molecule has 2 aromatic carbocycles. The fourth-order valence-electron chi connectivity index (χ4n) is 4.97. The van der Waals surface area contributed by atoms with Crippen LogP contribution in [0.4, 0.5) is 0 Å². The van der Waals surface area contributed by atoms with Crippen molar-refractivity contribution in [3.05, 3.63) is 71.4 Å². The van der Waals surface area contributed by atoms with E-state index in [1.54, 1.807) is 7.11 Å². The lowest BCUT2D eigenvalue weighted by Gasteiger charge is -2.29. The highest BCUT2D eigenvalue weighted by Crippen LogP contribution is 2.23. The Kier molecular flexibility index (Phi) is 12.9. The Hall–Kier alpha value is -2.71. The third-order valence-corrected chi connectivity index (χ3v) is 7.28. The number of aromatic amines is 1. The first kappa shape index (κ1) is 32.8. The molecule has 0 saturated carbocycles. The van der Waals surface area contributed by atoms with Crippen molar-refractivity contribution >= 4 is 16.8 Å². The number of rotatable bonds is 17. The van der Waals surface area contributed by atoms with E-state index < -0.39 is 6.10 Å². The van der Waals surface area contributed by atoms with Crippen molar-refractivity contribution in [3.8, 4) is 0 Å². The lowest BCUT2D eigenvalue weighted by atomic mass is 9.87. The Morgan fingerprint density at radius 2 is 1.76 bits per heavy atom. The van der Waals surface area contributed by atoms with E-state index in [1.807, 2.05) is 21.9 Å². The van der Waals surface area contributed by atoms with Gasteiger partial charge in [-0.15, -0.1) is 0 Å². The van der Waals surface area contributed by atoms with Gasteiger partial charge in [-0.3, -0.25) is 9.69 Å². The van der Waals surface area contributed by atoms with Crippen molar-refractivity contribution in [2.24, 2.45) is 5.92 Å². The molecule has 41 heavy (non-hydrogen) atoms. The molecule has 1 atom stereocenters. The molecule has 2 N–H and O–H groups in total. The number of nitrogens with zero attached hydrogens (tertiary/aromatic N) is 2. The highest BCUT2D eigenvalue weighted by Gasteiger charge is 2.21. The predicted octanol–water partition coefficient (Wildman–Crippen LogP) is 5.41. The number of para-hydroxylation sites is 1. The minimum absolute atomic E-state index is 0.0532. The van der Waals surface area contributed by atoms with Crippen molar-refractivity contribution in [2.75, 3.05) is 53.1 Å². The van der Waals surface area contributed by atoms with Crippen molar-refractivity contribution < 1.29 is 19.4 Å². The number of hydrogen-bond acceptors (Lipinski definition) is 5. The molecule has 226 valence electrons. The van der Waals surface area contributed by atoms with Gasteiger partial charge in [-0.1, -0.05) is 77.1 Å². The van der Waals surface area contributed by atoms with E-state index in [0.717, 1.165) is 23.9 Å². The minimum Gasteiger partial charge on any atom is -0.389 e. The fraction of sp³-hybridized carbons (Fsp3) is 0.559. The summed E-state index contributed by atoms with van der Waals surface area (Å²) >= 11 is 0. The van der Waals surface area contributed by atoms with E-state index in [1.165, 1.54) is 16.5 Å². The Morgan fingerprint density at radius 1 is 1.02 bits per heavy atom. The van der Waals surface area contributed by atoms with Gasteiger partial charge in [-0.05, 0) is 46.9 Å². The average molecular weight is 566 g/mol. The molecular weight excluding hydrogens is 514 g/mol. The van der Waals surface area contributed by atoms with Crippen molar-refractivity contribution in [1.82, 2.24) is 14.8 Å². The van der Waals surface area contributed by atoms with Crippen molar-refractivity contribution in [3.63, 3.8) is 0 Å². The van der Waals surface area contributed by atoms with Gasteiger partial charge < -0.3 is 24.5 Å². The number of methoxy groups -OCH3 is 1. The standard InChI is InChI=1S/C34H51N3O4/c1-26(2)24-41-25-30(38)22-36(17-9-19-40-6)23-33(39)37(21-27-12-14-29(15-13-27)34(3,4)5)18-16-28-20-35-32-11-8-7-10-31(28)32/h7-8,10-15,20,26,30,35,38H,9,16-19,21-25H2,1-6H3. The summed E-state index contributed by atoms with van der Waals surface area (Å²) in [5.41, 5.74) is 4.77. The maximum Gasteiger partial charge on any atom is 0.237 e. The Balaban J connectivity index is 1.74. The van der Waals surface area contributed by atoms with Gasteiger partial charge in [0.1, 0.15) is 0 Å². The molecule has 0 aliphatic heterocycles.